The summed E-state index contributed by atoms with van der Waals surface area (Å²) < 4.78 is 5.55. The second kappa shape index (κ2) is 9.86. The maximum absolute atomic E-state index is 12.7. The lowest BCUT2D eigenvalue weighted by Crippen LogP contribution is -2.58. The zero-order valence-electron chi connectivity index (χ0n) is 21.5. The third kappa shape index (κ3) is 4.37. The van der Waals surface area contributed by atoms with Gasteiger partial charge in [-0.3, -0.25) is 4.79 Å². The van der Waals surface area contributed by atoms with E-state index in [0.29, 0.717) is 13.1 Å². The van der Waals surface area contributed by atoms with Crippen LogP contribution in [0.4, 0.5) is 0 Å². The molecule has 2 fully saturated rings. The molecule has 2 heterocycles. The summed E-state index contributed by atoms with van der Waals surface area (Å²) >= 11 is 0. The summed E-state index contributed by atoms with van der Waals surface area (Å²) in [5, 5.41) is 39.9. The van der Waals surface area contributed by atoms with Gasteiger partial charge in [-0.2, -0.15) is 0 Å². The molecule has 0 radical (unpaired) electrons. The van der Waals surface area contributed by atoms with Crippen molar-refractivity contribution in [2.75, 3.05) is 19.7 Å². The van der Waals surface area contributed by atoms with Gasteiger partial charge in [0.05, 0.1) is 6.61 Å². The number of ether oxygens (including phenoxy) is 1. The van der Waals surface area contributed by atoms with Crippen LogP contribution in [-0.4, -0.2) is 81.4 Å². The summed E-state index contributed by atoms with van der Waals surface area (Å²) in [4.78, 5) is 14.7. The third-order valence-electron chi connectivity index (χ3n) is 8.19. The van der Waals surface area contributed by atoms with Gasteiger partial charge < -0.3 is 30.1 Å². The summed E-state index contributed by atoms with van der Waals surface area (Å²) in [5.41, 5.74) is 6.65. The molecule has 0 saturated carbocycles. The average Bonchev–Trinajstić information content (AvgIpc) is 3.15. The minimum absolute atomic E-state index is 0.0243. The molecule has 2 saturated heterocycles. The first-order valence-electron chi connectivity index (χ1n) is 13.0. The van der Waals surface area contributed by atoms with E-state index in [0.717, 1.165) is 18.4 Å². The maximum Gasteiger partial charge on any atom is 0.225 e. The number of hydrogen-bond donors (Lipinski definition) is 4. The number of benzene rings is 2. The molecular weight excluding hydrogens is 470 g/mol. The van der Waals surface area contributed by atoms with Crippen molar-refractivity contribution in [1.29, 1.82) is 0 Å². The molecule has 7 nitrogen and oxygen atoms in total. The zero-order valence-corrected chi connectivity index (χ0v) is 21.5. The summed E-state index contributed by atoms with van der Waals surface area (Å²) in [6, 6.07) is 12.7. The number of fused-ring (bicyclic) bond motifs is 5. The van der Waals surface area contributed by atoms with Crippen LogP contribution >= 0.6 is 0 Å². The van der Waals surface area contributed by atoms with E-state index >= 15 is 0 Å². The van der Waals surface area contributed by atoms with Crippen LogP contribution in [-0.2, 0) is 14.9 Å². The number of amides is 1. The van der Waals surface area contributed by atoms with E-state index in [2.05, 4.69) is 49.1 Å². The van der Waals surface area contributed by atoms with Crippen LogP contribution in [0.5, 0.6) is 0 Å². The summed E-state index contributed by atoms with van der Waals surface area (Å²) in [5.74, 6) is 6.14. The Kier molecular flexibility index (Phi) is 6.90. The van der Waals surface area contributed by atoms with E-state index < -0.39 is 37.1 Å². The van der Waals surface area contributed by atoms with Gasteiger partial charge in [-0.15, -0.1) is 0 Å². The Morgan fingerprint density at radius 1 is 1.03 bits per heavy atom. The standard InChI is InChI=1S/C30H35NO6/c1-17(2)29(36)31-12-10-30(11-13-31)22-14-18(3)4-7-20(22)21-8-5-19(15-23(21)30)6-9-24-26(33)28(35)27(34)25(16-32)37-24/h4-5,7-8,14-15,17,24-28,32-35H,10-13,16H2,1-3H3/t24-,25-,26-,27-,28-/m1/s1. The molecule has 1 aliphatic carbocycles. The molecule has 4 N–H and O–H groups in total. The number of aryl methyl sites for hydroxylation is 1. The number of likely N-dealkylation sites (tertiary alicyclic amines) is 1. The van der Waals surface area contributed by atoms with Crippen LogP contribution in [0.25, 0.3) is 11.1 Å². The molecule has 0 unspecified atom stereocenters. The van der Waals surface area contributed by atoms with Crippen molar-refractivity contribution in [2.45, 2.75) is 69.5 Å². The highest BCUT2D eigenvalue weighted by molar-refractivity contribution is 5.83. The van der Waals surface area contributed by atoms with Crippen molar-refractivity contribution >= 4 is 5.91 Å². The number of carbonyl (C=O) groups excluding carboxylic acids is 1. The molecule has 5 atom stereocenters. The number of carbonyl (C=O) groups is 1. The van der Waals surface area contributed by atoms with Crippen molar-refractivity contribution < 1.29 is 30.0 Å². The Morgan fingerprint density at radius 3 is 2.32 bits per heavy atom. The largest absolute Gasteiger partial charge is 0.394 e. The first-order valence-corrected chi connectivity index (χ1v) is 13.0. The minimum Gasteiger partial charge on any atom is -0.394 e. The molecule has 7 heteroatoms. The second-order valence-corrected chi connectivity index (χ2v) is 10.9. The molecule has 2 aliphatic heterocycles. The van der Waals surface area contributed by atoms with Gasteiger partial charge in [-0.1, -0.05) is 55.5 Å². The van der Waals surface area contributed by atoms with Gasteiger partial charge in [0, 0.05) is 30.0 Å². The Bertz CT molecular complexity index is 1250. The lowest BCUT2D eigenvalue weighted by atomic mass is 9.70. The van der Waals surface area contributed by atoms with Crippen LogP contribution in [0.2, 0.25) is 0 Å². The van der Waals surface area contributed by atoms with Gasteiger partial charge in [0.15, 0.2) is 0 Å². The molecule has 3 aliphatic rings. The van der Waals surface area contributed by atoms with Gasteiger partial charge >= 0.3 is 0 Å². The first-order chi connectivity index (χ1) is 17.7. The molecule has 1 amide bonds. The van der Waals surface area contributed by atoms with Crippen LogP contribution < -0.4 is 0 Å². The fourth-order valence-corrected chi connectivity index (χ4v) is 6.07. The Hall–Kier alpha value is -2.73. The highest BCUT2D eigenvalue weighted by Crippen LogP contribution is 2.54. The monoisotopic (exact) mass is 505 g/mol. The average molecular weight is 506 g/mol. The molecular formula is C30H35NO6. The van der Waals surface area contributed by atoms with Crippen LogP contribution in [0.1, 0.15) is 48.9 Å². The quantitative estimate of drug-likeness (QED) is 0.463. The summed E-state index contributed by atoms with van der Waals surface area (Å²) in [7, 11) is 0. The molecule has 0 aromatic heterocycles. The third-order valence-corrected chi connectivity index (χ3v) is 8.19. The van der Waals surface area contributed by atoms with E-state index in [-0.39, 0.29) is 17.2 Å². The fourth-order valence-electron chi connectivity index (χ4n) is 6.07. The van der Waals surface area contributed by atoms with Crippen LogP contribution in [0.15, 0.2) is 36.4 Å². The molecule has 5 rings (SSSR count). The number of rotatable bonds is 2. The fraction of sp³-hybridized carbons (Fsp3) is 0.500. The van der Waals surface area contributed by atoms with Crippen molar-refractivity contribution in [3.63, 3.8) is 0 Å². The normalized spacial score (nSPS) is 28.0. The molecule has 0 bridgehead atoms. The number of piperidine rings is 1. The number of aliphatic hydroxyl groups excluding tert-OH is 4. The number of aliphatic hydroxyl groups is 4. The van der Waals surface area contributed by atoms with E-state index in [9.17, 15) is 25.2 Å². The van der Waals surface area contributed by atoms with Crippen molar-refractivity contribution in [3.8, 4) is 23.0 Å². The number of hydrogen-bond acceptors (Lipinski definition) is 6. The van der Waals surface area contributed by atoms with Gasteiger partial charge in [0.25, 0.3) is 0 Å². The molecule has 196 valence electrons. The molecule has 1 spiro atoms. The Morgan fingerprint density at radius 2 is 1.68 bits per heavy atom. The summed E-state index contributed by atoms with van der Waals surface area (Å²) in [6.07, 6.45) is -4.61. The number of nitrogens with zero attached hydrogens (tertiary/aromatic N) is 1. The summed E-state index contributed by atoms with van der Waals surface area (Å²) in [6.45, 7) is 6.90. The predicted molar refractivity (Wildman–Crippen MR) is 139 cm³/mol. The van der Waals surface area contributed by atoms with Crippen molar-refractivity contribution in [1.82, 2.24) is 4.90 Å². The Balaban J connectivity index is 1.49. The van der Waals surface area contributed by atoms with Gasteiger partial charge in [0.2, 0.25) is 5.91 Å². The van der Waals surface area contributed by atoms with Gasteiger partial charge in [-0.05, 0) is 54.2 Å². The first kappa shape index (κ1) is 25.9. The highest BCUT2D eigenvalue weighted by atomic mass is 16.5. The zero-order chi connectivity index (χ0) is 26.5. The van der Waals surface area contributed by atoms with Crippen molar-refractivity contribution in [2.24, 2.45) is 5.92 Å². The lowest BCUT2D eigenvalue weighted by molar-refractivity contribution is -0.214. The SMILES string of the molecule is Cc1ccc2c(c1)C1(CCN(C(=O)C(C)C)CC1)c1cc(C#C[C@H]3O[C@H](CO)[C@@H](O)[C@H](O)[C@@H]3O)ccc1-2. The van der Waals surface area contributed by atoms with Crippen LogP contribution in [0.3, 0.4) is 0 Å². The highest BCUT2D eigenvalue weighted by Gasteiger charge is 2.46. The Labute approximate surface area is 217 Å². The van der Waals surface area contributed by atoms with E-state index in [1.54, 1.807) is 0 Å². The molecule has 2 aromatic rings. The topological polar surface area (TPSA) is 110 Å². The van der Waals surface area contributed by atoms with E-state index in [1.807, 2.05) is 24.8 Å². The second-order valence-electron chi connectivity index (χ2n) is 10.9. The van der Waals surface area contributed by atoms with Crippen LogP contribution in [0, 0.1) is 24.7 Å². The molecule has 2 aromatic carbocycles. The van der Waals surface area contributed by atoms with E-state index in [1.165, 1.54) is 27.8 Å². The lowest BCUT2D eigenvalue weighted by Gasteiger charge is -2.41. The van der Waals surface area contributed by atoms with Gasteiger partial charge in [0.1, 0.15) is 30.5 Å². The molecule has 37 heavy (non-hydrogen) atoms. The van der Waals surface area contributed by atoms with Crippen molar-refractivity contribution in [3.05, 3.63) is 58.7 Å². The van der Waals surface area contributed by atoms with E-state index in [4.69, 9.17) is 4.74 Å². The van der Waals surface area contributed by atoms with Gasteiger partial charge in [-0.25, -0.2) is 0 Å². The predicted octanol–water partition coefficient (Wildman–Crippen LogP) is 1.73. The minimum atomic E-state index is -1.45. The maximum atomic E-state index is 12.7. The smallest absolute Gasteiger partial charge is 0.225 e.